The number of hydrazone groups is 1. The standard InChI is InChI=1S/C18H22N6O3/c1-11(2)7-8-24-14-15(23(3)18(27)21-16(14)26)20-17(24)22-19-10-12-5-4-6-13(25)9-12/h4-6,9-11,25H,7-8H2,1-3H3,(H,20,22)(H,21,26,27)/b19-10+. The molecule has 0 aliphatic carbocycles. The fraction of sp³-hybridized carbons (Fsp3) is 0.333. The molecule has 142 valence electrons. The monoisotopic (exact) mass is 370 g/mol. The largest absolute Gasteiger partial charge is 0.508 e. The molecule has 2 heterocycles. The molecule has 0 atom stereocenters. The quantitative estimate of drug-likeness (QED) is 0.450. The van der Waals surface area contributed by atoms with Gasteiger partial charge in [0.1, 0.15) is 5.75 Å². The van der Waals surface area contributed by atoms with Gasteiger partial charge in [0.15, 0.2) is 11.2 Å². The van der Waals surface area contributed by atoms with E-state index in [1.165, 1.54) is 10.8 Å². The zero-order valence-corrected chi connectivity index (χ0v) is 15.4. The second-order valence-electron chi connectivity index (χ2n) is 6.73. The number of benzene rings is 1. The van der Waals surface area contributed by atoms with Crippen molar-refractivity contribution in [2.75, 3.05) is 5.43 Å². The molecule has 0 bridgehead atoms. The molecular formula is C18H22N6O3. The average molecular weight is 370 g/mol. The minimum Gasteiger partial charge on any atom is -0.508 e. The number of anilines is 1. The van der Waals surface area contributed by atoms with Gasteiger partial charge in [-0.25, -0.2) is 10.2 Å². The Kier molecular flexibility index (Phi) is 5.11. The Labute approximate surface area is 155 Å². The lowest BCUT2D eigenvalue weighted by Crippen LogP contribution is -2.29. The fourth-order valence-corrected chi connectivity index (χ4v) is 2.69. The average Bonchev–Trinajstić information content (AvgIpc) is 2.97. The van der Waals surface area contributed by atoms with Crippen LogP contribution >= 0.6 is 0 Å². The maximum absolute atomic E-state index is 12.3. The first kappa shape index (κ1) is 18.4. The predicted molar refractivity (Wildman–Crippen MR) is 104 cm³/mol. The van der Waals surface area contributed by atoms with E-state index in [2.05, 4.69) is 34.3 Å². The number of fused-ring (bicyclic) bond motifs is 1. The van der Waals surface area contributed by atoms with Gasteiger partial charge >= 0.3 is 5.69 Å². The van der Waals surface area contributed by atoms with Gasteiger partial charge < -0.3 is 9.67 Å². The number of nitrogens with zero attached hydrogens (tertiary/aromatic N) is 4. The number of nitrogens with one attached hydrogen (secondary N) is 2. The van der Waals surface area contributed by atoms with Gasteiger partial charge in [-0.1, -0.05) is 26.0 Å². The summed E-state index contributed by atoms with van der Waals surface area (Å²) >= 11 is 0. The van der Waals surface area contributed by atoms with Gasteiger partial charge in [-0.05, 0) is 30.0 Å². The maximum Gasteiger partial charge on any atom is 0.329 e. The number of phenolic OH excluding ortho intramolecular Hbond substituents is 1. The van der Waals surface area contributed by atoms with Crippen molar-refractivity contribution in [3.63, 3.8) is 0 Å². The van der Waals surface area contributed by atoms with E-state index in [9.17, 15) is 14.7 Å². The molecule has 27 heavy (non-hydrogen) atoms. The molecule has 0 aliphatic rings. The van der Waals surface area contributed by atoms with Crippen LogP contribution in [0.15, 0.2) is 39.0 Å². The van der Waals surface area contributed by atoms with Crippen LogP contribution in [-0.4, -0.2) is 30.4 Å². The van der Waals surface area contributed by atoms with Crippen LogP contribution in [0.3, 0.4) is 0 Å². The van der Waals surface area contributed by atoms with Gasteiger partial charge in [0.25, 0.3) is 5.56 Å². The number of imidazole rings is 1. The molecule has 0 aliphatic heterocycles. The SMILES string of the molecule is CC(C)CCn1c(N/N=C/c2cccc(O)c2)nc2c1c(=O)[nH]c(=O)n2C. The number of aromatic hydroxyl groups is 1. The zero-order chi connectivity index (χ0) is 19.6. The second-order valence-corrected chi connectivity index (χ2v) is 6.73. The van der Waals surface area contributed by atoms with E-state index in [-0.39, 0.29) is 5.75 Å². The molecular weight excluding hydrogens is 348 g/mol. The van der Waals surface area contributed by atoms with E-state index in [1.54, 1.807) is 35.9 Å². The Morgan fingerprint density at radius 2 is 2.15 bits per heavy atom. The highest BCUT2D eigenvalue weighted by atomic mass is 16.3. The molecule has 3 rings (SSSR count). The third-order valence-electron chi connectivity index (χ3n) is 4.19. The van der Waals surface area contributed by atoms with Crippen LogP contribution in [0.4, 0.5) is 5.95 Å². The van der Waals surface area contributed by atoms with Crippen LogP contribution in [0.25, 0.3) is 11.2 Å². The van der Waals surface area contributed by atoms with Crippen molar-refractivity contribution in [2.45, 2.75) is 26.8 Å². The van der Waals surface area contributed by atoms with Crippen molar-refractivity contribution in [3.05, 3.63) is 50.7 Å². The van der Waals surface area contributed by atoms with E-state index in [0.717, 1.165) is 6.42 Å². The highest BCUT2D eigenvalue weighted by Gasteiger charge is 2.17. The van der Waals surface area contributed by atoms with Crippen molar-refractivity contribution >= 4 is 23.3 Å². The molecule has 0 unspecified atom stereocenters. The van der Waals surface area contributed by atoms with E-state index in [4.69, 9.17) is 0 Å². The first-order valence-electron chi connectivity index (χ1n) is 8.64. The van der Waals surface area contributed by atoms with Gasteiger partial charge in [0, 0.05) is 13.6 Å². The van der Waals surface area contributed by atoms with E-state index >= 15 is 0 Å². The molecule has 0 saturated carbocycles. The number of aromatic nitrogens is 4. The summed E-state index contributed by atoms with van der Waals surface area (Å²) < 4.78 is 3.03. The summed E-state index contributed by atoms with van der Waals surface area (Å²) in [7, 11) is 1.56. The summed E-state index contributed by atoms with van der Waals surface area (Å²) in [6.45, 7) is 4.73. The summed E-state index contributed by atoms with van der Waals surface area (Å²) in [6, 6.07) is 6.65. The summed E-state index contributed by atoms with van der Waals surface area (Å²) in [5.74, 6) is 0.941. The topological polar surface area (TPSA) is 117 Å². The molecule has 9 heteroatoms. The lowest BCUT2D eigenvalue weighted by atomic mass is 10.1. The van der Waals surface area contributed by atoms with Crippen LogP contribution in [0.5, 0.6) is 5.75 Å². The van der Waals surface area contributed by atoms with Crippen molar-refractivity contribution in [3.8, 4) is 5.75 Å². The third kappa shape index (κ3) is 3.91. The van der Waals surface area contributed by atoms with Crippen LogP contribution < -0.4 is 16.7 Å². The highest BCUT2D eigenvalue weighted by molar-refractivity contribution is 5.81. The second kappa shape index (κ2) is 7.48. The van der Waals surface area contributed by atoms with Gasteiger partial charge in [-0.3, -0.25) is 14.3 Å². The van der Waals surface area contributed by atoms with Gasteiger partial charge in [-0.2, -0.15) is 10.1 Å². The number of phenols is 1. The maximum atomic E-state index is 12.3. The van der Waals surface area contributed by atoms with Crippen LogP contribution in [0.1, 0.15) is 25.8 Å². The predicted octanol–water partition coefficient (Wildman–Crippen LogP) is 1.62. The Morgan fingerprint density at radius 3 is 2.85 bits per heavy atom. The van der Waals surface area contributed by atoms with Crippen molar-refractivity contribution in [1.29, 1.82) is 0 Å². The summed E-state index contributed by atoms with van der Waals surface area (Å²) in [5.41, 5.74) is 3.17. The Bertz CT molecular complexity index is 1110. The number of rotatable bonds is 6. The van der Waals surface area contributed by atoms with Crippen LogP contribution in [-0.2, 0) is 13.6 Å². The lowest BCUT2D eigenvalue weighted by molar-refractivity contribution is 0.475. The van der Waals surface area contributed by atoms with Crippen molar-refractivity contribution in [2.24, 2.45) is 18.1 Å². The number of aryl methyl sites for hydroxylation is 2. The van der Waals surface area contributed by atoms with E-state index in [0.29, 0.717) is 35.1 Å². The summed E-state index contributed by atoms with van der Waals surface area (Å²) in [4.78, 5) is 30.9. The first-order valence-corrected chi connectivity index (χ1v) is 8.64. The molecule has 0 amide bonds. The van der Waals surface area contributed by atoms with Crippen molar-refractivity contribution < 1.29 is 5.11 Å². The Hall–Kier alpha value is -3.36. The smallest absolute Gasteiger partial charge is 0.329 e. The molecule has 0 spiro atoms. The normalized spacial score (nSPS) is 11.7. The zero-order valence-electron chi connectivity index (χ0n) is 15.4. The molecule has 9 nitrogen and oxygen atoms in total. The highest BCUT2D eigenvalue weighted by Crippen LogP contribution is 2.17. The lowest BCUT2D eigenvalue weighted by Gasteiger charge is -2.09. The third-order valence-corrected chi connectivity index (χ3v) is 4.19. The molecule has 3 aromatic rings. The Morgan fingerprint density at radius 1 is 1.37 bits per heavy atom. The number of hydrogen-bond donors (Lipinski definition) is 3. The molecule has 3 N–H and O–H groups in total. The van der Waals surface area contributed by atoms with Crippen LogP contribution in [0, 0.1) is 5.92 Å². The Balaban J connectivity index is 2.01. The first-order chi connectivity index (χ1) is 12.9. The van der Waals surface area contributed by atoms with E-state index in [1.807, 2.05) is 0 Å². The van der Waals surface area contributed by atoms with Crippen molar-refractivity contribution in [1.82, 2.24) is 19.1 Å². The molecule has 0 saturated heterocycles. The number of H-pyrrole nitrogens is 1. The number of aromatic amines is 1. The summed E-state index contributed by atoms with van der Waals surface area (Å²) in [6.07, 6.45) is 2.37. The molecule has 0 fully saturated rings. The molecule has 1 aromatic carbocycles. The van der Waals surface area contributed by atoms with Crippen LogP contribution in [0.2, 0.25) is 0 Å². The van der Waals surface area contributed by atoms with Gasteiger partial charge in [0.05, 0.1) is 6.21 Å². The summed E-state index contributed by atoms with van der Waals surface area (Å²) in [5, 5.41) is 13.7. The van der Waals surface area contributed by atoms with Gasteiger partial charge in [0.2, 0.25) is 5.95 Å². The molecule has 2 aromatic heterocycles. The minimum absolute atomic E-state index is 0.143. The van der Waals surface area contributed by atoms with E-state index < -0.39 is 11.2 Å². The molecule has 0 radical (unpaired) electrons. The minimum atomic E-state index is -0.518. The fourth-order valence-electron chi connectivity index (χ4n) is 2.69. The van der Waals surface area contributed by atoms with Gasteiger partial charge in [-0.15, -0.1) is 0 Å². The number of hydrogen-bond acceptors (Lipinski definition) is 6.